The predicted octanol–water partition coefficient (Wildman–Crippen LogP) is 1.93. The van der Waals surface area contributed by atoms with Crippen molar-refractivity contribution in [3.8, 4) is 0 Å². The first-order valence-electron chi connectivity index (χ1n) is 5.61. The van der Waals surface area contributed by atoms with E-state index in [0.29, 0.717) is 13.2 Å². The van der Waals surface area contributed by atoms with E-state index in [-0.39, 0.29) is 6.10 Å². The molecular formula is C12H21NO2S. The molecule has 92 valence electrons. The highest BCUT2D eigenvalue weighted by Crippen LogP contribution is 2.12. The number of aliphatic hydroxyl groups is 1. The molecule has 0 fully saturated rings. The van der Waals surface area contributed by atoms with Gasteiger partial charge in [0.05, 0.1) is 18.8 Å². The molecule has 0 saturated heterocycles. The third-order valence-electron chi connectivity index (χ3n) is 2.28. The smallest absolute Gasteiger partial charge is 0.0897 e. The quantitative estimate of drug-likeness (QED) is 0.769. The molecule has 0 aliphatic carbocycles. The molecule has 0 radical (unpaired) electrons. The monoisotopic (exact) mass is 243 g/mol. The van der Waals surface area contributed by atoms with Gasteiger partial charge in [0.15, 0.2) is 0 Å². The number of aliphatic hydroxyl groups excluding tert-OH is 1. The van der Waals surface area contributed by atoms with Crippen LogP contribution in [0.5, 0.6) is 0 Å². The number of hydrogen-bond acceptors (Lipinski definition) is 4. The van der Waals surface area contributed by atoms with E-state index in [9.17, 15) is 5.11 Å². The fraction of sp³-hybridized carbons (Fsp3) is 0.667. The highest BCUT2D eigenvalue weighted by atomic mass is 32.1. The van der Waals surface area contributed by atoms with Crippen LogP contribution in [0.1, 0.15) is 25.0 Å². The molecule has 0 spiro atoms. The van der Waals surface area contributed by atoms with Crippen molar-refractivity contribution in [3.63, 3.8) is 0 Å². The maximum atomic E-state index is 9.61. The van der Waals surface area contributed by atoms with Crippen molar-refractivity contribution in [2.75, 3.05) is 13.2 Å². The summed E-state index contributed by atoms with van der Waals surface area (Å²) in [6, 6.07) is 0. The lowest BCUT2D eigenvalue weighted by atomic mass is 10.2. The molecule has 2 N–H and O–H groups in total. The topological polar surface area (TPSA) is 41.5 Å². The van der Waals surface area contributed by atoms with Gasteiger partial charge >= 0.3 is 0 Å². The molecule has 16 heavy (non-hydrogen) atoms. The summed E-state index contributed by atoms with van der Waals surface area (Å²) in [6.07, 6.45) is -0.255. The van der Waals surface area contributed by atoms with Gasteiger partial charge in [0.25, 0.3) is 0 Å². The van der Waals surface area contributed by atoms with Crippen LogP contribution in [0.3, 0.4) is 0 Å². The molecule has 0 aromatic carbocycles. The maximum Gasteiger partial charge on any atom is 0.0897 e. The van der Waals surface area contributed by atoms with Crippen molar-refractivity contribution in [1.29, 1.82) is 0 Å². The van der Waals surface area contributed by atoms with Gasteiger partial charge in [-0.15, -0.1) is 0 Å². The van der Waals surface area contributed by atoms with Crippen molar-refractivity contribution in [2.45, 2.75) is 39.5 Å². The number of rotatable bonds is 7. The average molecular weight is 243 g/mol. The van der Waals surface area contributed by atoms with E-state index in [1.807, 2.05) is 13.8 Å². The standard InChI is InChI=1S/C12H21NO2S/c1-9(2)15-6-12(14)5-13-4-11-8-16-7-10(11)3/h7-9,12-14H,4-6H2,1-3H3. The molecule has 0 aliphatic heterocycles. The van der Waals surface area contributed by atoms with E-state index in [0.717, 1.165) is 6.54 Å². The van der Waals surface area contributed by atoms with Gasteiger partial charge in [0, 0.05) is 13.1 Å². The zero-order valence-corrected chi connectivity index (χ0v) is 11.0. The van der Waals surface area contributed by atoms with E-state index in [2.05, 4.69) is 23.0 Å². The van der Waals surface area contributed by atoms with Gasteiger partial charge in [0.2, 0.25) is 0 Å². The number of thiophene rings is 1. The summed E-state index contributed by atoms with van der Waals surface area (Å²) < 4.78 is 5.33. The molecular weight excluding hydrogens is 222 g/mol. The average Bonchev–Trinajstić information content (AvgIpc) is 2.61. The molecule has 1 unspecified atom stereocenters. The summed E-state index contributed by atoms with van der Waals surface area (Å²) in [6.45, 7) is 7.82. The second-order valence-corrected chi connectivity index (χ2v) is 4.99. The summed E-state index contributed by atoms with van der Waals surface area (Å²) in [7, 11) is 0. The number of nitrogens with one attached hydrogen (secondary N) is 1. The predicted molar refractivity (Wildman–Crippen MR) is 67.9 cm³/mol. The Morgan fingerprint density at radius 3 is 2.75 bits per heavy atom. The molecule has 0 bridgehead atoms. The fourth-order valence-electron chi connectivity index (χ4n) is 1.30. The first-order valence-corrected chi connectivity index (χ1v) is 6.56. The van der Waals surface area contributed by atoms with Crippen LogP contribution in [0, 0.1) is 6.92 Å². The Morgan fingerprint density at radius 2 is 2.19 bits per heavy atom. The van der Waals surface area contributed by atoms with E-state index < -0.39 is 6.10 Å². The molecule has 0 amide bonds. The van der Waals surface area contributed by atoms with Gasteiger partial charge in [-0.3, -0.25) is 0 Å². The van der Waals surface area contributed by atoms with E-state index >= 15 is 0 Å². The van der Waals surface area contributed by atoms with Gasteiger partial charge in [-0.1, -0.05) is 0 Å². The molecule has 1 rings (SSSR count). The van der Waals surface area contributed by atoms with Crippen LogP contribution in [-0.4, -0.2) is 30.5 Å². The summed E-state index contributed by atoms with van der Waals surface area (Å²) in [5, 5.41) is 17.1. The molecule has 1 aromatic heterocycles. The summed E-state index contributed by atoms with van der Waals surface area (Å²) in [5.74, 6) is 0. The Kier molecular flexibility index (Phi) is 5.98. The van der Waals surface area contributed by atoms with Crippen LogP contribution in [0.2, 0.25) is 0 Å². The Hall–Kier alpha value is -0.420. The Labute approximate surface area is 101 Å². The Balaban J connectivity index is 2.13. The second-order valence-electron chi connectivity index (χ2n) is 4.25. The van der Waals surface area contributed by atoms with Crippen LogP contribution in [0.25, 0.3) is 0 Å². The molecule has 0 saturated carbocycles. The van der Waals surface area contributed by atoms with Crippen molar-refractivity contribution >= 4 is 11.3 Å². The fourth-order valence-corrected chi connectivity index (χ4v) is 2.16. The zero-order chi connectivity index (χ0) is 12.0. The minimum absolute atomic E-state index is 0.175. The van der Waals surface area contributed by atoms with Crippen molar-refractivity contribution in [1.82, 2.24) is 5.32 Å². The first-order chi connectivity index (χ1) is 7.59. The molecule has 1 aromatic rings. The van der Waals surface area contributed by atoms with E-state index in [1.54, 1.807) is 11.3 Å². The number of aryl methyl sites for hydroxylation is 1. The van der Waals surface area contributed by atoms with Crippen LogP contribution in [0.15, 0.2) is 10.8 Å². The lowest BCUT2D eigenvalue weighted by Crippen LogP contribution is -2.31. The second kappa shape index (κ2) is 7.01. The van der Waals surface area contributed by atoms with Crippen LogP contribution >= 0.6 is 11.3 Å². The SMILES string of the molecule is Cc1cscc1CNCC(O)COC(C)C. The maximum absolute atomic E-state index is 9.61. The van der Waals surface area contributed by atoms with E-state index in [4.69, 9.17) is 4.74 Å². The Bertz CT molecular complexity index is 299. The number of ether oxygens (including phenoxy) is 1. The van der Waals surface area contributed by atoms with Crippen LogP contribution < -0.4 is 5.32 Å². The van der Waals surface area contributed by atoms with Crippen LogP contribution in [0.4, 0.5) is 0 Å². The number of hydrogen-bond donors (Lipinski definition) is 2. The van der Waals surface area contributed by atoms with Crippen LogP contribution in [-0.2, 0) is 11.3 Å². The highest BCUT2D eigenvalue weighted by Gasteiger charge is 2.05. The largest absolute Gasteiger partial charge is 0.389 e. The molecule has 4 heteroatoms. The molecule has 1 atom stereocenters. The van der Waals surface area contributed by atoms with Gasteiger partial charge < -0.3 is 15.2 Å². The zero-order valence-electron chi connectivity index (χ0n) is 10.2. The van der Waals surface area contributed by atoms with Gasteiger partial charge in [0.1, 0.15) is 0 Å². The molecule has 0 aliphatic rings. The van der Waals surface area contributed by atoms with E-state index in [1.165, 1.54) is 11.1 Å². The van der Waals surface area contributed by atoms with Crippen molar-refractivity contribution in [3.05, 3.63) is 21.9 Å². The third kappa shape index (κ3) is 5.07. The minimum atomic E-state index is -0.429. The van der Waals surface area contributed by atoms with Gasteiger partial charge in [-0.05, 0) is 42.7 Å². The normalized spacial score (nSPS) is 13.3. The minimum Gasteiger partial charge on any atom is -0.389 e. The lowest BCUT2D eigenvalue weighted by Gasteiger charge is -2.14. The lowest BCUT2D eigenvalue weighted by molar-refractivity contribution is 0.00630. The highest BCUT2D eigenvalue weighted by molar-refractivity contribution is 7.08. The summed E-state index contributed by atoms with van der Waals surface area (Å²) in [4.78, 5) is 0. The summed E-state index contributed by atoms with van der Waals surface area (Å²) >= 11 is 1.71. The molecule has 3 nitrogen and oxygen atoms in total. The van der Waals surface area contributed by atoms with Crippen molar-refractivity contribution in [2.24, 2.45) is 0 Å². The third-order valence-corrected chi connectivity index (χ3v) is 3.19. The Morgan fingerprint density at radius 1 is 1.44 bits per heavy atom. The van der Waals surface area contributed by atoms with Gasteiger partial charge in [-0.25, -0.2) is 0 Å². The van der Waals surface area contributed by atoms with Gasteiger partial charge in [-0.2, -0.15) is 11.3 Å². The first kappa shape index (κ1) is 13.6. The van der Waals surface area contributed by atoms with Crippen molar-refractivity contribution < 1.29 is 9.84 Å². The summed E-state index contributed by atoms with van der Waals surface area (Å²) in [5.41, 5.74) is 2.62. The molecule has 1 heterocycles.